The number of allylic oxidation sites excluding steroid dienone is 4. The first-order chi connectivity index (χ1) is 31.5. The minimum absolute atomic E-state index is 0.0806. The Morgan fingerprint density at radius 1 is 0.453 bits per heavy atom. The molecule has 0 aliphatic carbocycles. The van der Waals surface area contributed by atoms with Gasteiger partial charge >= 0.3 is 5.97 Å². The molecule has 3 unspecified atom stereocenters. The van der Waals surface area contributed by atoms with E-state index in [0.717, 1.165) is 57.8 Å². The molecule has 64 heavy (non-hydrogen) atoms. The predicted molar refractivity (Wildman–Crippen MR) is 278 cm³/mol. The van der Waals surface area contributed by atoms with E-state index in [4.69, 9.17) is 4.74 Å². The van der Waals surface area contributed by atoms with Gasteiger partial charge in [0.1, 0.15) is 6.10 Å². The van der Waals surface area contributed by atoms with E-state index in [9.17, 15) is 19.8 Å². The number of aliphatic hydroxyl groups excluding tert-OH is 2. The van der Waals surface area contributed by atoms with Crippen molar-refractivity contribution in [2.45, 2.75) is 328 Å². The van der Waals surface area contributed by atoms with Crippen LogP contribution in [0.2, 0.25) is 0 Å². The second kappa shape index (κ2) is 52.3. The standard InChI is InChI=1S/C58H111NO5/c1-4-7-10-13-16-19-22-25-28-29-30-33-36-39-42-45-48-51-58(63)64-54(49-46-43-40-37-34-31-26-23-20-17-14-11-8-5-2)52-57(62)59-55(53-60)56(61)50-47-44-41-38-35-32-27-24-21-18-15-12-9-6-3/h16,19,25,28,54-56,60-61H,4-15,17-18,20-24,26-27,29-53H2,1-3H3,(H,59,62)/b19-16-,28-25-. The fourth-order valence-electron chi connectivity index (χ4n) is 8.93. The van der Waals surface area contributed by atoms with Crippen molar-refractivity contribution in [1.29, 1.82) is 0 Å². The molecule has 1 amide bonds. The van der Waals surface area contributed by atoms with Crippen LogP contribution in [0.5, 0.6) is 0 Å². The first-order valence-corrected chi connectivity index (χ1v) is 28.6. The topological polar surface area (TPSA) is 95.9 Å². The number of esters is 1. The molecular weight excluding hydrogens is 791 g/mol. The molecule has 0 spiro atoms. The Kier molecular flexibility index (Phi) is 51.0. The second-order valence-electron chi connectivity index (χ2n) is 19.7. The van der Waals surface area contributed by atoms with Crippen molar-refractivity contribution >= 4 is 11.9 Å². The van der Waals surface area contributed by atoms with Crippen molar-refractivity contribution < 1.29 is 24.5 Å². The van der Waals surface area contributed by atoms with Crippen molar-refractivity contribution in [3.8, 4) is 0 Å². The molecule has 0 saturated carbocycles. The molecule has 0 aromatic carbocycles. The first kappa shape index (κ1) is 62.3. The van der Waals surface area contributed by atoms with E-state index in [2.05, 4.69) is 50.4 Å². The summed E-state index contributed by atoms with van der Waals surface area (Å²) in [5.41, 5.74) is 0. The Hall–Kier alpha value is -1.66. The summed E-state index contributed by atoms with van der Waals surface area (Å²) in [6, 6.07) is -0.698. The van der Waals surface area contributed by atoms with Crippen LogP contribution in [0.4, 0.5) is 0 Å². The van der Waals surface area contributed by atoms with Gasteiger partial charge in [0.15, 0.2) is 0 Å². The minimum Gasteiger partial charge on any atom is -0.462 e. The lowest BCUT2D eigenvalue weighted by molar-refractivity contribution is -0.151. The van der Waals surface area contributed by atoms with E-state index in [-0.39, 0.29) is 24.9 Å². The normalized spacial score (nSPS) is 13.3. The summed E-state index contributed by atoms with van der Waals surface area (Å²) in [7, 11) is 0. The van der Waals surface area contributed by atoms with Crippen LogP contribution in [0.25, 0.3) is 0 Å². The van der Waals surface area contributed by atoms with Gasteiger partial charge in [-0.1, -0.05) is 263 Å². The number of amides is 1. The van der Waals surface area contributed by atoms with Crippen LogP contribution in [-0.2, 0) is 14.3 Å². The predicted octanol–water partition coefficient (Wildman–Crippen LogP) is 17.5. The number of hydrogen-bond acceptors (Lipinski definition) is 5. The number of hydrogen-bond donors (Lipinski definition) is 3. The van der Waals surface area contributed by atoms with E-state index < -0.39 is 18.2 Å². The summed E-state index contributed by atoms with van der Waals surface area (Å²) < 4.78 is 5.96. The van der Waals surface area contributed by atoms with Gasteiger partial charge in [0.2, 0.25) is 5.91 Å². The zero-order valence-corrected chi connectivity index (χ0v) is 43.2. The van der Waals surface area contributed by atoms with Gasteiger partial charge in [0, 0.05) is 6.42 Å². The fraction of sp³-hybridized carbons (Fsp3) is 0.897. The summed E-state index contributed by atoms with van der Waals surface area (Å²) in [5.74, 6) is -0.463. The molecule has 0 heterocycles. The SMILES string of the molecule is CCCCC/C=C\C/C=C\CCCCCCCCCC(=O)OC(CCCCCCCCCCCCCCCC)CC(=O)NC(CO)C(O)CCCCCCCCCCCCCCCC. The first-order valence-electron chi connectivity index (χ1n) is 28.6. The van der Waals surface area contributed by atoms with Crippen LogP contribution in [-0.4, -0.2) is 46.9 Å². The molecular formula is C58H111NO5. The molecule has 0 aromatic heterocycles. The van der Waals surface area contributed by atoms with Crippen LogP contribution in [0, 0.1) is 0 Å². The van der Waals surface area contributed by atoms with E-state index >= 15 is 0 Å². The van der Waals surface area contributed by atoms with Gasteiger partial charge < -0.3 is 20.3 Å². The van der Waals surface area contributed by atoms with E-state index in [1.807, 2.05) is 0 Å². The molecule has 0 aliphatic rings. The number of unbranched alkanes of at least 4 members (excludes halogenated alkanes) is 36. The number of aliphatic hydroxyl groups is 2. The highest BCUT2D eigenvalue weighted by Crippen LogP contribution is 2.19. The Labute approximate surface area is 399 Å². The van der Waals surface area contributed by atoms with E-state index in [0.29, 0.717) is 19.3 Å². The smallest absolute Gasteiger partial charge is 0.306 e. The van der Waals surface area contributed by atoms with E-state index in [1.165, 1.54) is 205 Å². The van der Waals surface area contributed by atoms with Crippen molar-refractivity contribution in [3.05, 3.63) is 24.3 Å². The summed E-state index contributed by atoms with van der Waals surface area (Å²) in [4.78, 5) is 26.3. The maximum atomic E-state index is 13.3. The summed E-state index contributed by atoms with van der Waals surface area (Å²) in [5, 5.41) is 23.9. The molecule has 3 atom stereocenters. The molecule has 0 aromatic rings. The van der Waals surface area contributed by atoms with Crippen molar-refractivity contribution in [2.24, 2.45) is 0 Å². The lowest BCUT2D eigenvalue weighted by Crippen LogP contribution is -2.46. The zero-order chi connectivity index (χ0) is 46.7. The van der Waals surface area contributed by atoms with Crippen LogP contribution in [0.1, 0.15) is 310 Å². The largest absolute Gasteiger partial charge is 0.462 e. The van der Waals surface area contributed by atoms with Gasteiger partial charge in [-0.25, -0.2) is 0 Å². The third-order valence-electron chi connectivity index (χ3n) is 13.3. The molecule has 6 nitrogen and oxygen atoms in total. The van der Waals surface area contributed by atoms with Crippen LogP contribution < -0.4 is 5.32 Å². The lowest BCUT2D eigenvalue weighted by atomic mass is 10.0. The van der Waals surface area contributed by atoms with Crippen LogP contribution in [0.15, 0.2) is 24.3 Å². The van der Waals surface area contributed by atoms with Gasteiger partial charge in [0.25, 0.3) is 0 Å². The van der Waals surface area contributed by atoms with Gasteiger partial charge in [0.05, 0.1) is 25.2 Å². The van der Waals surface area contributed by atoms with Crippen LogP contribution in [0.3, 0.4) is 0 Å². The highest BCUT2D eigenvalue weighted by atomic mass is 16.5. The Morgan fingerprint density at radius 2 is 0.797 bits per heavy atom. The summed E-state index contributed by atoms with van der Waals surface area (Å²) >= 11 is 0. The molecule has 0 fully saturated rings. The number of rotatable bonds is 52. The monoisotopic (exact) mass is 902 g/mol. The molecule has 0 saturated heterocycles. The molecule has 0 bridgehead atoms. The fourth-order valence-corrected chi connectivity index (χ4v) is 8.93. The van der Waals surface area contributed by atoms with Gasteiger partial charge in [-0.2, -0.15) is 0 Å². The molecule has 0 aliphatic heterocycles. The molecule has 378 valence electrons. The van der Waals surface area contributed by atoms with Crippen molar-refractivity contribution in [3.63, 3.8) is 0 Å². The lowest BCUT2D eigenvalue weighted by Gasteiger charge is -2.24. The molecule has 0 radical (unpaired) electrons. The Balaban J connectivity index is 4.52. The second-order valence-corrected chi connectivity index (χ2v) is 19.7. The quantitative estimate of drug-likeness (QED) is 0.0321. The average molecular weight is 903 g/mol. The van der Waals surface area contributed by atoms with Gasteiger partial charge in [-0.3, -0.25) is 9.59 Å². The third kappa shape index (κ3) is 46.9. The number of carbonyl (C=O) groups excluding carboxylic acids is 2. The van der Waals surface area contributed by atoms with Gasteiger partial charge in [-0.05, 0) is 57.8 Å². The Morgan fingerprint density at radius 3 is 1.22 bits per heavy atom. The third-order valence-corrected chi connectivity index (χ3v) is 13.3. The molecule has 3 N–H and O–H groups in total. The highest BCUT2D eigenvalue weighted by Gasteiger charge is 2.24. The van der Waals surface area contributed by atoms with Crippen molar-refractivity contribution in [1.82, 2.24) is 5.32 Å². The van der Waals surface area contributed by atoms with E-state index in [1.54, 1.807) is 0 Å². The number of carbonyl (C=O) groups is 2. The highest BCUT2D eigenvalue weighted by molar-refractivity contribution is 5.77. The molecule has 6 heteroatoms. The number of nitrogens with one attached hydrogen (secondary N) is 1. The van der Waals surface area contributed by atoms with Crippen molar-refractivity contribution in [2.75, 3.05) is 6.61 Å². The maximum Gasteiger partial charge on any atom is 0.306 e. The molecule has 0 rings (SSSR count). The summed E-state index contributed by atoms with van der Waals surface area (Å²) in [6.45, 7) is 6.49. The zero-order valence-electron chi connectivity index (χ0n) is 43.2. The Bertz CT molecular complexity index is 1010. The van der Waals surface area contributed by atoms with Crippen LogP contribution >= 0.6 is 0 Å². The summed E-state index contributed by atoms with van der Waals surface area (Å²) in [6.07, 6.45) is 60.9. The van der Waals surface area contributed by atoms with Gasteiger partial charge in [-0.15, -0.1) is 0 Å². The maximum absolute atomic E-state index is 13.3. The number of ether oxygens (including phenoxy) is 1. The average Bonchev–Trinajstić information content (AvgIpc) is 3.29. The minimum atomic E-state index is -0.785.